The van der Waals surface area contributed by atoms with Crippen LogP contribution in [0.15, 0.2) is 12.3 Å². The number of nitrogen functional groups attached to an aromatic ring is 1. The molecule has 0 atom stereocenters. The Morgan fingerprint density at radius 2 is 2.17 bits per heavy atom. The van der Waals surface area contributed by atoms with Crippen LogP contribution >= 0.6 is 0 Å². The lowest BCUT2D eigenvalue weighted by atomic mass is 10.3. The summed E-state index contributed by atoms with van der Waals surface area (Å²) in [6.45, 7) is 2.17. The van der Waals surface area contributed by atoms with Gasteiger partial charge in [-0.25, -0.2) is 0 Å². The smallest absolute Gasteiger partial charge is 0.244 e. The van der Waals surface area contributed by atoms with E-state index in [1.54, 1.807) is 13.2 Å². The first-order valence-electron chi connectivity index (χ1n) is 5.61. The molecule has 0 aliphatic rings. The van der Waals surface area contributed by atoms with Crippen molar-refractivity contribution in [1.82, 2.24) is 10.2 Å². The molecule has 1 rings (SSSR count). The molecule has 0 aliphatic carbocycles. The summed E-state index contributed by atoms with van der Waals surface area (Å²) < 4.78 is 15.5. The van der Waals surface area contributed by atoms with Crippen molar-refractivity contribution in [2.45, 2.75) is 6.42 Å². The molecule has 100 valence electrons. The van der Waals surface area contributed by atoms with Crippen molar-refractivity contribution in [1.29, 1.82) is 5.41 Å². The van der Waals surface area contributed by atoms with Crippen LogP contribution in [0.5, 0.6) is 5.88 Å². The number of hydrogen-bond donors (Lipinski definition) is 2. The van der Waals surface area contributed by atoms with E-state index in [1.807, 2.05) is 0 Å². The molecule has 1 heterocycles. The molecule has 0 saturated heterocycles. The number of methoxy groups -OCH3 is 1. The fourth-order valence-corrected chi connectivity index (χ4v) is 1.20. The van der Waals surface area contributed by atoms with Crippen LogP contribution in [0.4, 0.5) is 0 Å². The van der Waals surface area contributed by atoms with Gasteiger partial charge in [0, 0.05) is 20.1 Å². The van der Waals surface area contributed by atoms with Gasteiger partial charge in [-0.3, -0.25) is 5.41 Å². The Morgan fingerprint density at radius 1 is 1.33 bits per heavy atom. The summed E-state index contributed by atoms with van der Waals surface area (Å²) in [7, 11) is 1.63. The van der Waals surface area contributed by atoms with E-state index < -0.39 is 0 Å². The standard InChI is InChI=1S/C11H18N4O3/c1-16-7-8-17-5-2-6-18-11-9(10(12)13)3-4-14-15-11/h3-4H,2,5-8H2,1H3,(H3,12,13). The molecule has 0 amide bonds. The Morgan fingerprint density at radius 3 is 2.89 bits per heavy atom. The zero-order chi connectivity index (χ0) is 13.2. The molecule has 7 nitrogen and oxygen atoms in total. The van der Waals surface area contributed by atoms with E-state index >= 15 is 0 Å². The summed E-state index contributed by atoms with van der Waals surface area (Å²) in [5.74, 6) is 0.193. The maximum atomic E-state index is 7.36. The predicted octanol–water partition coefficient (Wildman–Crippen LogP) is 0.193. The van der Waals surface area contributed by atoms with Gasteiger partial charge in [0.1, 0.15) is 5.84 Å². The van der Waals surface area contributed by atoms with E-state index in [9.17, 15) is 0 Å². The number of amidine groups is 1. The Hall–Kier alpha value is -1.73. The van der Waals surface area contributed by atoms with Crippen LogP contribution in [0.3, 0.4) is 0 Å². The third kappa shape index (κ3) is 5.07. The second kappa shape index (κ2) is 8.37. The number of aromatic nitrogens is 2. The van der Waals surface area contributed by atoms with E-state index in [0.717, 1.165) is 6.42 Å². The summed E-state index contributed by atoms with van der Waals surface area (Å²) in [4.78, 5) is 0. The fourth-order valence-electron chi connectivity index (χ4n) is 1.20. The van der Waals surface area contributed by atoms with Gasteiger partial charge in [-0.2, -0.15) is 5.10 Å². The summed E-state index contributed by atoms with van der Waals surface area (Å²) in [5.41, 5.74) is 5.85. The van der Waals surface area contributed by atoms with Crippen LogP contribution in [0.1, 0.15) is 12.0 Å². The quantitative estimate of drug-likeness (QED) is 0.370. The number of hydrogen-bond acceptors (Lipinski definition) is 6. The van der Waals surface area contributed by atoms with Gasteiger partial charge in [0.25, 0.3) is 0 Å². The third-order valence-electron chi connectivity index (χ3n) is 2.08. The molecular weight excluding hydrogens is 236 g/mol. The van der Waals surface area contributed by atoms with Gasteiger partial charge < -0.3 is 19.9 Å². The highest BCUT2D eigenvalue weighted by Gasteiger charge is 2.07. The number of ether oxygens (including phenoxy) is 3. The molecule has 0 bridgehead atoms. The van der Waals surface area contributed by atoms with Crippen molar-refractivity contribution in [3.05, 3.63) is 17.8 Å². The van der Waals surface area contributed by atoms with Crippen LogP contribution in [0, 0.1) is 5.41 Å². The summed E-state index contributed by atoms with van der Waals surface area (Å²) in [6, 6.07) is 1.60. The molecule has 0 spiro atoms. The molecular formula is C11H18N4O3. The van der Waals surface area contributed by atoms with Gasteiger partial charge in [-0.05, 0) is 6.07 Å². The van der Waals surface area contributed by atoms with Crippen LogP contribution in [0.2, 0.25) is 0 Å². The maximum Gasteiger partial charge on any atom is 0.244 e. The minimum Gasteiger partial charge on any atom is -0.476 e. The lowest BCUT2D eigenvalue weighted by Gasteiger charge is -2.08. The zero-order valence-electron chi connectivity index (χ0n) is 10.4. The average molecular weight is 254 g/mol. The highest BCUT2D eigenvalue weighted by Crippen LogP contribution is 2.11. The second-order valence-corrected chi connectivity index (χ2v) is 3.47. The maximum absolute atomic E-state index is 7.36. The zero-order valence-corrected chi connectivity index (χ0v) is 10.4. The Balaban J connectivity index is 2.25. The third-order valence-corrected chi connectivity index (χ3v) is 2.08. The van der Waals surface area contributed by atoms with Crippen molar-refractivity contribution >= 4 is 5.84 Å². The second-order valence-electron chi connectivity index (χ2n) is 3.47. The summed E-state index contributed by atoms with van der Waals surface area (Å²) in [5, 5.41) is 14.8. The van der Waals surface area contributed by atoms with Gasteiger partial charge in [-0.1, -0.05) is 0 Å². The molecule has 0 aliphatic heterocycles. The SMILES string of the molecule is COCCOCCCOc1nnccc1C(=N)N. The first-order valence-corrected chi connectivity index (χ1v) is 5.61. The van der Waals surface area contributed by atoms with E-state index in [0.29, 0.717) is 32.0 Å². The minimum atomic E-state index is -0.0868. The first kappa shape index (κ1) is 14.3. The van der Waals surface area contributed by atoms with E-state index in [-0.39, 0.29) is 11.7 Å². The minimum absolute atomic E-state index is 0.0868. The van der Waals surface area contributed by atoms with Crippen LogP contribution in [-0.2, 0) is 9.47 Å². The molecule has 0 fully saturated rings. The van der Waals surface area contributed by atoms with Gasteiger partial charge in [0.2, 0.25) is 5.88 Å². The Labute approximate surface area is 106 Å². The van der Waals surface area contributed by atoms with Crippen LogP contribution in [0.25, 0.3) is 0 Å². The normalized spacial score (nSPS) is 10.3. The van der Waals surface area contributed by atoms with E-state index in [1.165, 1.54) is 6.20 Å². The molecule has 1 aromatic heterocycles. The lowest BCUT2D eigenvalue weighted by Crippen LogP contribution is -2.15. The summed E-state index contributed by atoms with van der Waals surface area (Å²) in [6.07, 6.45) is 2.19. The van der Waals surface area contributed by atoms with E-state index in [2.05, 4.69) is 10.2 Å². The van der Waals surface area contributed by atoms with Crippen LogP contribution in [-0.4, -0.2) is 49.6 Å². The lowest BCUT2D eigenvalue weighted by molar-refractivity contribution is 0.0641. The fraction of sp³-hybridized carbons (Fsp3) is 0.545. The van der Waals surface area contributed by atoms with Gasteiger partial charge in [0.15, 0.2) is 0 Å². The Bertz CT molecular complexity index is 373. The van der Waals surface area contributed by atoms with Crippen molar-refractivity contribution in [2.75, 3.05) is 33.5 Å². The molecule has 18 heavy (non-hydrogen) atoms. The first-order chi connectivity index (χ1) is 8.75. The van der Waals surface area contributed by atoms with Gasteiger partial charge >= 0.3 is 0 Å². The van der Waals surface area contributed by atoms with Crippen molar-refractivity contribution in [2.24, 2.45) is 5.73 Å². The average Bonchev–Trinajstić information content (AvgIpc) is 2.38. The van der Waals surface area contributed by atoms with Gasteiger partial charge in [0.05, 0.1) is 31.6 Å². The molecule has 3 N–H and O–H groups in total. The molecule has 0 saturated carbocycles. The monoisotopic (exact) mass is 254 g/mol. The number of rotatable bonds is 9. The molecule has 0 unspecified atom stereocenters. The predicted molar refractivity (Wildman–Crippen MR) is 65.9 cm³/mol. The molecule has 1 aromatic rings. The number of nitrogens with one attached hydrogen (secondary N) is 1. The summed E-state index contributed by atoms with van der Waals surface area (Å²) >= 11 is 0. The highest BCUT2D eigenvalue weighted by atomic mass is 16.5. The topological polar surface area (TPSA) is 103 Å². The van der Waals surface area contributed by atoms with Crippen LogP contribution < -0.4 is 10.5 Å². The Kier molecular flexibility index (Phi) is 6.67. The molecule has 0 radical (unpaired) electrons. The molecule has 7 heteroatoms. The largest absolute Gasteiger partial charge is 0.476 e. The van der Waals surface area contributed by atoms with Crippen molar-refractivity contribution in [3.8, 4) is 5.88 Å². The van der Waals surface area contributed by atoms with Gasteiger partial charge in [-0.15, -0.1) is 5.10 Å². The number of nitrogens with zero attached hydrogens (tertiary/aromatic N) is 2. The number of nitrogens with two attached hydrogens (primary N) is 1. The van der Waals surface area contributed by atoms with Crippen molar-refractivity contribution in [3.63, 3.8) is 0 Å². The highest BCUT2D eigenvalue weighted by molar-refractivity contribution is 5.96. The molecule has 0 aromatic carbocycles. The van der Waals surface area contributed by atoms with E-state index in [4.69, 9.17) is 25.4 Å². The van der Waals surface area contributed by atoms with Crippen molar-refractivity contribution < 1.29 is 14.2 Å².